The van der Waals surface area contributed by atoms with Gasteiger partial charge in [-0.3, -0.25) is 0 Å². The summed E-state index contributed by atoms with van der Waals surface area (Å²) >= 11 is 1.87. The van der Waals surface area contributed by atoms with Crippen LogP contribution in [0.25, 0.3) is 16.7 Å². The molecule has 0 aliphatic rings. The van der Waals surface area contributed by atoms with E-state index in [1.807, 2.05) is 23.9 Å². The highest BCUT2D eigenvalue weighted by Crippen LogP contribution is 2.41. The molecule has 0 amide bonds. The molecule has 2 aromatic carbocycles. The standard InChI is InChI=1S/C20H25N3OS/c1-19(2,3)13-20(4,5)25-14-10-11-15-16(12-14)22-23(21-15)17-8-6-7-9-18(17)24/h6-12,24H,13H2,1-5H3. The SMILES string of the molecule is CC(C)(C)CC(C)(C)Sc1ccc2nn(-c3ccccc3O)nc2c1. The Bertz CT molecular complexity index is 893. The number of hydrogen-bond donors (Lipinski definition) is 1. The number of rotatable bonds is 4. The average Bonchev–Trinajstić information content (AvgIpc) is 2.87. The molecule has 25 heavy (non-hydrogen) atoms. The van der Waals surface area contributed by atoms with Crippen LogP contribution in [0.2, 0.25) is 0 Å². The average molecular weight is 356 g/mol. The van der Waals surface area contributed by atoms with Gasteiger partial charge >= 0.3 is 0 Å². The number of aromatic nitrogens is 3. The zero-order chi connectivity index (χ0) is 18.2. The molecule has 0 aliphatic carbocycles. The minimum absolute atomic E-state index is 0.139. The molecule has 3 rings (SSSR count). The van der Waals surface area contributed by atoms with Crippen LogP contribution in [0.5, 0.6) is 5.75 Å². The van der Waals surface area contributed by atoms with Crippen molar-refractivity contribution < 1.29 is 5.11 Å². The van der Waals surface area contributed by atoms with Gasteiger partial charge in [0.1, 0.15) is 22.5 Å². The lowest BCUT2D eigenvalue weighted by Gasteiger charge is -2.31. The first-order valence-corrected chi connectivity index (χ1v) is 9.29. The van der Waals surface area contributed by atoms with Crippen molar-refractivity contribution >= 4 is 22.8 Å². The smallest absolute Gasteiger partial charge is 0.143 e. The van der Waals surface area contributed by atoms with Crippen LogP contribution < -0.4 is 0 Å². The molecule has 1 heterocycles. The monoisotopic (exact) mass is 355 g/mol. The summed E-state index contributed by atoms with van der Waals surface area (Å²) in [6.07, 6.45) is 1.12. The van der Waals surface area contributed by atoms with E-state index >= 15 is 0 Å². The van der Waals surface area contributed by atoms with Gasteiger partial charge in [0.25, 0.3) is 0 Å². The molecule has 0 atom stereocenters. The van der Waals surface area contributed by atoms with Crippen molar-refractivity contribution in [1.82, 2.24) is 15.0 Å². The first kappa shape index (κ1) is 17.8. The molecule has 1 aromatic heterocycles. The van der Waals surface area contributed by atoms with E-state index in [2.05, 4.69) is 56.9 Å². The van der Waals surface area contributed by atoms with Gasteiger partial charge in [-0.15, -0.1) is 26.8 Å². The van der Waals surface area contributed by atoms with Gasteiger partial charge in [0, 0.05) is 9.64 Å². The Labute approximate surface area is 153 Å². The van der Waals surface area contributed by atoms with E-state index in [9.17, 15) is 5.11 Å². The zero-order valence-corrected chi connectivity index (χ0v) is 16.3. The van der Waals surface area contributed by atoms with Gasteiger partial charge in [-0.1, -0.05) is 46.8 Å². The normalized spacial score (nSPS) is 12.7. The molecule has 132 valence electrons. The Morgan fingerprint density at radius 1 is 0.960 bits per heavy atom. The molecular formula is C20H25N3OS. The summed E-state index contributed by atoms with van der Waals surface area (Å²) in [4.78, 5) is 2.68. The number of phenolic OH excluding ortho intramolecular Hbond substituents is 1. The molecular weight excluding hydrogens is 330 g/mol. The molecule has 0 saturated carbocycles. The number of benzene rings is 2. The van der Waals surface area contributed by atoms with Crippen LogP contribution in [0.1, 0.15) is 41.0 Å². The van der Waals surface area contributed by atoms with Crippen molar-refractivity contribution in [1.29, 1.82) is 0 Å². The van der Waals surface area contributed by atoms with Crippen LogP contribution in [0.3, 0.4) is 0 Å². The fourth-order valence-electron chi connectivity index (χ4n) is 3.33. The lowest BCUT2D eigenvalue weighted by Crippen LogP contribution is -2.23. The van der Waals surface area contributed by atoms with E-state index in [0.29, 0.717) is 5.69 Å². The van der Waals surface area contributed by atoms with E-state index in [-0.39, 0.29) is 15.9 Å². The second-order valence-electron chi connectivity index (χ2n) is 8.23. The first-order chi connectivity index (χ1) is 11.6. The molecule has 0 bridgehead atoms. The molecule has 0 spiro atoms. The van der Waals surface area contributed by atoms with E-state index < -0.39 is 0 Å². The molecule has 3 aromatic rings. The quantitative estimate of drug-likeness (QED) is 0.634. The second kappa shape index (κ2) is 6.37. The molecule has 0 unspecified atom stereocenters. The summed E-state index contributed by atoms with van der Waals surface area (Å²) < 4.78 is 0.139. The number of thioether (sulfide) groups is 1. The topological polar surface area (TPSA) is 50.9 Å². The van der Waals surface area contributed by atoms with Crippen LogP contribution in [0.4, 0.5) is 0 Å². The lowest BCUT2D eigenvalue weighted by atomic mass is 9.86. The van der Waals surface area contributed by atoms with Gasteiger partial charge in [-0.2, -0.15) is 0 Å². The van der Waals surface area contributed by atoms with Crippen LogP contribution in [-0.4, -0.2) is 24.8 Å². The van der Waals surface area contributed by atoms with Crippen molar-refractivity contribution in [3.8, 4) is 11.4 Å². The molecule has 0 fully saturated rings. The van der Waals surface area contributed by atoms with Crippen molar-refractivity contribution in [3.05, 3.63) is 42.5 Å². The minimum atomic E-state index is 0.139. The van der Waals surface area contributed by atoms with E-state index in [4.69, 9.17) is 0 Å². The van der Waals surface area contributed by atoms with Crippen LogP contribution in [0, 0.1) is 5.41 Å². The maximum absolute atomic E-state index is 10.00. The van der Waals surface area contributed by atoms with E-state index in [0.717, 1.165) is 17.5 Å². The maximum Gasteiger partial charge on any atom is 0.143 e. The molecule has 1 N–H and O–H groups in total. The van der Waals surface area contributed by atoms with Crippen molar-refractivity contribution in [2.24, 2.45) is 5.41 Å². The summed E-state index contributed by atoms with van der Waals surface area (Å²) in [5.74, 6) is 0.170. The Morgan fingerprint density at radius 3 is 2.32 bits per heavy atom. The fourth-order valence-corrected chi connectivity index (χ4v) is 4.78. The number of nitrogens with zero attached hydrogens (tertiary/aromatic N) is 3. The van der Waals surface area contributed by atoms with Crippen molar-refractivity contribution in [2.75, 3.05) is 0 Å². The number of phenols is 1. The number of aromatic hydroxyl groups is 1. The van der Waals surface area contributed by atoms with Gasteiger partial charge < -0.3 is 5.11 Å². The molecule has 0 aliphatic heterocycles. The first-order valence-electron chi connectivity index (χ1n) is 8.48. The predicted molar refractivity (Wildman–Crippen MR) is 105 cm³/mol. The third-order valence-electron chi connectivity index (χ3n) is 3.80. The highest BCUT2D eigenvalue weighted by molar-refractivity contribution is 8.00. The highest BCUT2D eigenvalue weighted by atomic mass is 32.2. The van der Waals surface area contributed by atoms with E-state index in [1.165, 1.54) is 9.69 Å². The van der Waals surface area contributed by atoms with Crippen LogP contribution in [0.15, 0.2) is 47.4 Å². The Kier molecular flexibility index (Phi) is 4.54. The Hall–Kier alpha value is -2.01. The summed E-state index contributed by atoms with van der Waals surface area (Å²) in [5.41, 5.74) is 2.52. The fraction of sp³-hybridized carbons (Fsp3) is 0.400. The third-order valence-corrected chi connectivity index (χ3v) is 4.99. The summed E-state index contributed by atoms with van der Waals surface area (Å²) in [6, 6.07) is 13.3. The van der Waals surface area contributed by atoms with Gasteiger partial charge in [-0.05, 0) is 42.2 Å². The molecule has 5 heteroatoms. The number of fused-ring (bicyclic) bond motifs is 1. The second-order valence-corrected chi connectivity index (χ2v) is 10.0. The largest absolute Gasteiger partial charge is 0.506 e. The number of hydrogen-bond acceptors (Lipinski definition) is 4. The maximum atomic E-state index is 10.00. The third kappa shape index (κ3) is 4.34. The highest BCUT2D eigenvalue weighted by Gasteiger charge is 2.26. The van der Waals surface area contributed by atoms with Crippen LogP contribution >= 0.6 is 11.8 Å². The predicted octanol–water partition coefficient (Wildman–Crippen LogP) is 5.43. The van der Waals surface area contributed by atoms with E-state index in [1.54, 1.807) is 18.2 Å². The van der Waals surface area contributed by atoms with Gasteiger partial charge in [0.05, 0.1) is 0 Å². The van der Waals surface area contributed by atoms with Gasteiger partial charge in [0.2, 0.25) is 0 Å². The Balaban J connectivity index is 1.90. The van der Waals surface area contributed by atoms with Crippen molar-refractivity contribution in [3.63, 3.8) is 0 Å². The number of para-hydroxylation sites is 2. The van der Waals surface area contributed by atoms with Gasteiger partial charge in [0.15, 0.2) is 0 Å². The Morgan fingerprint density at radius 2 is 1.64 bits per heavy atom. The summed E-state index contributed by atoms with van der Waals surface area (Å²) in [7, 11) is 0. The zero-order valence-electron chi connectivity index (χ0n) is 15.4. The van der Waals surface area contributed by atoms with Gasteiger partial charge in [-0.25, -0.2) is 0 Å². The minimum Gasteiger partial charge on any atom is -0.506 e. The molecule has 4 nitrogen and oxygen atoms in total. The molecule has 0 radical (unpaired) electrons. The summed E-state index contributed by atoms with van der Waals surface area (Å²) in [5, 5.41) is 19.0. The lowest BCUT2D eigenvalue weighted by molar-refractivity contribution is 0.339. The molecule has 0 saturated heterocycles. The van der Waals surface area contributed by atoms with Crippen molar-refractivity contribution in [2.45, 2.75) is 50.7 Å². The van der Waals surface area contributed by atoms with Crippen LogP contribution in [-0.2, 0) is 0 Å². The summed E-state index contributed by atoms with van der Waals surface area (Å²) in [6.45, 7) is 11.4.